The van der Waals surface area contributed by atoms with E-state index in [-0.39, 0.29) is 18.1 Å². The van der Waals surface area contributed by atoms with Gasteiger partial charge in [-0.15, -0.1) is 0 Å². The van der Waals surface area contributed by atoms with E-state index in [0.717, 1.165) is 22.8 Å². The lowest BCUT2D eigenvalue weighted by molar-refractivity contribution is -0.137. The van der Waals surface area contributed by atoms with Crippen molar-refractivity contribution in [1.82, 2.24) is 4.90 Å². The summed E-state index contributed by atoms with van der Waals surface area (Å²) in [5.74, 6) is -0.320. The lowest BCUT2D eigenvalue weighted by Crippen LogP contribution is -2.33. The minimum absolute atomic E-state index is 0.0217. The summed E-state index contributed by atoms with van der Waals surface area (Å²) in [5, 5.41) is 0. The van der Waals surface area contributed by atoms with Gasteiger partial charge in [0.1, 0.15) is 5.82 Å². The minimum Gasteiger partial charge on any atom is -0.293 e. The summed E-state index contributed by atoms with van der Waals surface area (Å²) in [6.45, 7) is 1.34. The van der Waals surface area contributed by atoms with Crippen molar-refractivity contribution in [3.8, 4) is 11.1 Å². The van der Waals surface area contributed by atoms with Gasteiger partial charge in [0.2, 0.25) is 0 Å². The van der Waals surface area contributed by atoms with E-state index in [4.69, 9.17) is 0 Å². The Labute approximate surface area is 183 Å². The number of hydrogen-bond donors (Lipinski definition) is 0. The molecule has 0 aromatic heterocycles. The molecule has 0 N–H and O–H groups in total. The Morgan fingerprint density at radius 3 is 2.12 bits per heavy atom. The van der Waals surface area contributed by atoms with Crippen molar-refractivity contribution in [3.05, 3.63) is 101 Å². The molecule has 0 saturated heterocycles. The SMILES string of the molecule is O=C(CN1CC=C(c2cccc(C(F)(F)F)c2)CC1)c1ccc(-c2ccc(F)cc2)cc1. The van der Waals surface area contributed by atoms with Gasteiger partial charge in [0.25, 0.3) is 0 Å². The van der Waals surface area contributed by atoms with E-state index < -0.39 is 11.7 Å². The average molecular weight is 439 g/mol. The Kier molecular flexibility index (Phi) is 6.24. The first-order valence-electron chi connectivity index (χ1n) is 10.3. The van der Waals surface area contributed by atoms with Crippen molar-refractivity contribution in [2.75, 3.05) is 19.6 Å². The van der Waals surface area contributed by atoms with Gasteiger partial charge >= 0.3 is 6.18 Å². The molecule has 1 aliphatic heterocycles. The highest BCUT2D eigenvalue weighted by molar-refractivity contribution is 5.98. The Morgan fingerprint density at radius 2 is 1.53 bits per heavy atom. The molecule has 3 aromatic carbocycles. The first-order valence-corrected chi connectivity index (χ1v) is 10.3. The molecular formula is C26H21F4NO. The predicted molar refractivity (Wildman–Crippen MR) is 117 cm³/mol. The number of carbonyl (C=O) groups excluding carboxylic acids is 1. The zero-order chi connectivity index (χ0) is 22.7. The summed E-state index contributed by atoms with van der Waals surface area (Å²) >= 11 is 0. The summed E-state index contributed by atoms with van der Waals surface area (Å²) in [5.41, 5.74) is 3.13. The predicted octanol–water partition coefficient (Wildman–Crippen LogP) is 6.48. The highest BCUT2D eigenvalue weighted by atomic mass is 19.4. The van der Waals surface area contributed by atoms with Crippen molar-refractivity contribution in [3.63, 3.8) is 0 Å². The van der Waals surface area contributed by atoms with Crippen LogP contribution in [0.1, 0.15) is 27.9 Å². The van der Waals surface area contributed by atoms with Gasteiger partial charge in [-0.25, -0.2) is 4.39 Å². The molecule has 0 saturated carbocycles. The molecule has 2 nitrogen and oxygen atoms in total. The molecule has 0 amide bonds. The summed E-state index contributed by atoms with van der Waals surface area (Å²) in [7, 11) is 0. The van der Waals surface area contributed by atoms with Crippen LogP contribution in [0.15, 0.2) is 78.9 Å². The summed E-state index contributed by atoms with van der Waals surface area (Å²) < 4.78 is 52.0. The van der Waals surface area contributed by atoms with E-state index in [1.54, 1.807) is 30.3 Å². The maximum Gasteiger partial charge on any atom is 0.416 e. The fourth-order valence-corrected chi connectivity index (χ4v) is 3.80. The number of rotatable bonds is 5. The molecule has 0 bridgehead atoms. The van der Waals surface area contributed by atoms with E-state index in [1.807, 2.05) is 23.1 Å². The van der Waals surface area contributed by atoms with Crippen LogP contribution in [-0.4, -0.2) is 30.3 Å². The third-order valence-corrected chi connectivity index (χ3v) is 5.61. The van der Waals surface area contributed by atoms with Crippen molar-refractivity contribution >= 4 is 11.4 Å². The van der Waals surface area contributed by atoms with Crippen LogP contribution in [0, 0.1) is 5.82 Å². The molecule has 1 aliphatic rings. The van der Waals surface area contributed by atoms with Gasteiger partial charge in [-0.3, -0.25) is 9.69 Å². The van der Waals surface area contributed by atoms with Gasteiger partial charge in [0.05, 0.1) is 12.1 Å². The molecule has 6 heteroatoms. The molecule has 164 valence electrons. The largest absolute Gasteiger partial charge is 0.416 e. The third-order valence-electron chi connectivity index (χ3n) is 5.61. The van der Waals surface area contributed by atoms with E-state index in [2.05, 4.69) is 0 Å². The first kappa shape index (κ1) is 22.0. The number of benzene rings is 3. The van der Waals surface area contributed by atoms with Crippen LogP contribution in [0.5, 0.6) is 0 Å². The van der Waals surface area contributed by atoms with Gasteiger partial charge < -0.3 is 0 Å². The van der Waals surface area contributed by atoms with Gasteiger partial charge in [0, 0.05) is 18.7 Å². The van der Waals surface area contributed by atoms with E-state index in [1.165, 1.54) is 24.3 Å². The topological polar surface area (TPSA) is 20.3 Å². The Morgan fingerprint density at radius 1 is 0.875 bits per heavy atom. The Hall–Kier alpha value is -3.25. The van der Waals surface area contributed by atoms with Crippen LogP contribution < -0.4 is 0 Å². The van der Waals surface area contributed by atoms with Gasteiger partial charge in [-0.2, -0.15) is 13.2 Å². The lowest BCUT2D eigenvalue weighted by atomic mass is 9.97. The maximum atomic E-state index is 13.1. The van der Waals surface area contributed by atoms with Crippen molar-refractivity contribution < 1.29 is 22.4 Å². The number of ketones is 1. The van der Waals surface area contributed by atoms with Crippen LogP contribution in [0.4, 0.5) is 17.6 Å². The monoisotopic (exact) mass is 439 g/mol. The van der Waals surface area contributed by atoms with Crippen LogP contribution in [0.3, 0.4) is 0 Å². The zero-order valence-corrected chi connectivity index (χ0v) is 17.2. The Balaban J connectivity index is 1.38. The highest BCUT2D eigenvalue weighted by Crippen LogP contribution is 2.32. The van der Waals surface area contributed by atoms with Crippen LogP contribution in [0.2, 0.25) is 0 Å². The fourth-order valence-electron chi connectivity index (χ4n) is 3.80. The van der Waals surface area contributed by atoms with Crippen LogP contribution >= 0.6 is 0 Å². The molecule has 0 unspecified atom stereocenters. The van der Waals surface area contributed by atoms with Crippen molar-refractivity contribution in [2.45, 2.75) is 12.6 Å². The molecule has 0 fully saturated rings. The standard InChI is InChI=1S/C26H21F4NO/c27-24-10-8-19(9-11-24)18-4-6-21(7-5-18)25(32)17-31-14-12-20(13-15-31)22-2-1-3-23(16-22)26(28,29)30/h1-12,16H,13-15,17H2. The van der Waals surface area contributed by atoms with E-state index in [9.17, 15) is 22.4 Å². The summed E-state index contributed by atoms with van der Waals surface area (Å²) in [6, 6.07) is 18.7. The molecule has 0 atom stereocenters. The van der Waals surface area contributed by atoms with Crippen molar-refractivity contribution in [1.29, 1.82) is 0 Å². The van der Waals surface area contributed by atoms with Crippen LogP contribution in [0.25, 0.3) is 16.7 Å². The van der Waals surface area contributed by atoms with Gasteiger partial charge in [-0.1, -0.05) is 54.6 Å². The molecular weight excluding hydrogens is 418 g/mol. The van der Waals surface area contributed by atoms with E-state index in [0.29, 0.717) is 30.6 Å². The smallest absolute Gasteiger partial charge is 0.293 e. The summed E-state index contributed by atoms with van der Waals surface area (Å²) in [4.78, 5) is 14.7. The number of hydrogen-bond acceptors (Lipinski definition) is 2. The van der Waals surface area contributed by atoms with Crippen LogP contribution in [-0.2, 0) is 6.18 Å². The number of carbonyl (C=O) groups is 1. The number of halogens is 4. The second-order valence-corrected chi connectivity index (χ2v) is 7.80. The molecule has 0 radical (unpaired) electrons. The normalized spacial score (nSPS) is 14.8. The number of nitrogens with zero attached hydrogens (tertiary/aromatic N) is 1. The third kappa shape index (κ3) is 5.14. The second-order valence-electron chi connectivity index (χ2n) is 7.80. The highest BCUT2D eigenvalue weighted by Gasteiger charge is 2.30. The Bertz CT molecular complexity index is 1130. The van der Waals surface area contributed by atoms with Gasteiger partial charge in [0.15, 0.2) is 5.78 Å². The molecule has 3 aromatic rings. The first-order chi connectivity index (χ1) is 15.3. The average Bonchev–Trinajstić information content (AvgIpc) is 2.80. The minimum atomic E-state index is -4.37. The lowest BCUT2D eigenvalue weighted by Gasteiger charge is -2.26. The van der Waals surface area contributed by atoms with Gasteiger partial charge in [-0.05, 0) is 52.9 Å². The molecule has 0 aliphatic carbocycles. The summed E-state index contributed by atoms with van der Waals surface area (Å²) in [6.07, 6.45) is -1.89. The second kappa shape index (κ2) is 9.09. The number of Topliss-reactive ketones (excluding diaryl/α,β-unsaturated/α-hetero) is 1. The molecule has 0 spiro atoms. The van der Waals surface area contributed by atoms with Crippen molar-refractivity contribution in [2.24, 2.45) is 0 Å². The molecule has 1 heterocycles. The maximum absolute atomic E-state index is 13.1. The molecule has 32 heavy (non-hydrogen) atoms. The quantitative estimate of drug-likeness (QED) is 0.335. The number of alkyl halides is 3. The fraction of sp³-hybridized carbons (Fsp3) is 0.192. The van der Waals surface area contributed by atoms with E-state index >= 15 is 0 Å². The zero-order valence-electron chi connectivity index (χ0n) is 17.2. The molecule has 4 rings (SSSR count).